The molecular formula is C16H18FN5O2S. The molecule has 0 saturated carbocycles. The molecule has 132 valence electrons. The zero-order chi connectivity index (χ0) is 18.1. The number of anilines is 1. The molecule has 9 heteroatoms. The number of nitrogens with two attached hydrogens (primary N) is 1. The van der Waals surface area contributed by atoms with E-state index in [0.717, 1.165) is 10.9 Å². The molecule has 1 aromatic carbocycles. The summed E-state index contributed by atoms with van der Waals surface area (Å²) >= 11 is 1.19. The van der Waals surface area contributed by atoms with Crippen molar-refractivity contribution < 1.29 is 14.0 Å². The minimum atomic E-state index is -0.482. The van der Waals surface area contributed by atoms with Crippen LogP contribution < -0.4 is 5.73 Å². The van der Waals surface area contributed by atoms with E-state index >= 15 is 0 Å². The molecule has 2 N–H and O–H groups in total. The van der Waals surface area contributed by atoms with E-state index in [-0.39, 0.29) is 29.1 Å². The van der Waals surface area contributed by atoms with Crippen LogP contribution >= 0.6 is 11.5 Å². The van der Waals surface area contributed by atoms with Gasteiger partial charge in [-0.15, -0.1) is 5.10 Å². The second-order valence-electron chi connectivity index (χ2n) is 6.01. The smallest absolute Gasteiger partial charge is 0.275 e. The summed E-state index contributed by atoms with van der Waals surface area (Å²) in [6, 6.07) is 3.55. The molecule has 7 nitrogen and oxygen atoms in total. The topological polar surface area (TPSA) is 92.4 Å². The average molecular weight is 363 g/mol. The molecular weight excluding hydrogens is 345 g/mol. The predicted octanol–water partition coefficient (Wildman–Crippen LogP) is 1.55. The molecule has 0 bridgehead atoms. The third-order valence-electron chi connectivity index (χ3n) is 4.27. The quantitative estimate of drug-likeness (QED) is 0.818. The monoisotopic (exact) mass is 363 g/mol. The van der Waals surface area contributed by atoms with Gasteiger partial charge in [-0.25, -0.2) is 4.39 Å². The van der Waals surface area contributed by atoms with Gasteiger partial charge in [-0.1, -0.05) is 4.49 Å². The van der Waals surface area contributed by atoms with Crippen LogP contribution in [0.1, 0.15) is 32.6 Å². The maximum absolute atomic E-state index is 13.2. The SMILES string of the molecule is Cc1snnc1C(=O)N1CCN(C(=O)c2ccc(F)cc2N)[C@@H](C)C1. The lowest BCUT2D eigenvalue weighted by Gasteiger charge is -2.39. The molecule has 1 aliphatic rings. The first kappa shape index (κ1) is 17.3. The zero-order valence-corrected chi connectivity index (χ0v) is 14.7. The fourth-order valence-electron chi connectivity index (χ4n) is 2.91. The summed E-state index contributed by atoms with van der Waals surface area (Å²) in [5.41, 5.74) is 6.51. The number of halogens is 1. The Morgan fingerprint density at radius 3 is 2.68 bits per heavy atom. The summed E-state index contributed by atoms with van der Waals surface area (Å²) < 4.78 is 17.0. The van der Waals surface area contributed by atoms with E-state index in [1.807, 2.05) is 6.92 Å². The molecule has 0 spiro atoms. The molecule has 0 aliphatic carbocycles. The number of hydrogen-bond donors (Lipinski definition) is 1. The van der Waals surface area contributed by atoms with Crippen LogP contribution in [-0.2, 0) is 0 Å². The van der Waals surface area contributed by atoms with Crippen molar-refractivity contribution >= 4 is 29.0 Å². The number of nitrogen functional groups attached to an aromatic ring is 1. The first-order valence-electron chi connectivity index (χ1n) is 7.82. The molecule has 2 heterocycles. The lowest BCUT2D eigenvalue weighted by molar-refractivity contribution is 0.0411. The van der Waals surface area contributed by atoms with Crippen LogP contribution in [0.25, 0.3) is 0 Å². The van der Waals surface area contributed by atoms with Gasteiger partial charge >= 0.3 is 0 Å². The summed E-state index contributed by atoms with van der Waals surface area (Å²) in [5, 5.41) is 3.88. The predicted molar refractivity (Wildman–Crippen MR) is 91.9 cm³/mol. The molecule has 1 fully saturated rings. The van der Waals surface area contributed by atoms with Gasteiger partial charge in [0.2, 0.25) is 0 Å². The Labute approximate surface area is 148 Å². The minimum Gasteiger partial charge on any atom is -0.398 e. The van der Waals surface area contributed by atoms with Crippen LogP contribution in [0.4, 0.5) is 10.1 Å². The van der Waals surface area contributed by atoms with E-state index in [1.165, 1.54) is 23.7 Å². The normalized spacial score (nSPS) is 17.6. The van der Waals surface area contributed by atoms with Gasteiger partial charge in [0.25, 0.3) is 11.8 Å². The van der Waals surface area contributed by atoms with Crippen molar-refractivity contribution in [1.82, 2.24) is 19.4 Å². The van der Waals surface area contributed by atoms with Crippen LogP contribution in [0.5, 0.6) is 0 Å². The summed E-state index contributed by atoms with van der Waals surface area (Å²) in [6.45, 7) is 4.83. The maximum atomic E-state index is 13.2. The van der Waals surface area contributed by atoms with Gasteiger partial charge in [0.05, 0.1) is 10.4 Å². The third-order valence-corrected chi connectivity index (χ3v) is 4.90. The average Bonchev–Trinajstić information content (AvgIpc) is 2.99. The Balaban J connectivity index is 1.72. The van der Waals surface area contributed by atoms with Gasteiger partial charge in [-0.3, -0.25) is 9.59 Å². The molecule has 1 atom stereocenters. The Morgan fingerprint density at radius 1 is 1.32 bits per heavy atom. The van der Waals surface area contributed by atoms with Gasteiger partial charge < -0.3 is 15.5 Å². The Morgan fingerprint density at radius 2 is 2.08 bits per heavy atom. The summed E-state index contributed by atoms with van der Waals surface area (Å²) in [4.78, 5) is 29.3. The number of carbonyl (C=O) groups excluding carboxylic acids is 2. The summed E-state index contributed by atoms with van der Waals surface area (Å²) in [7, 11) is 0. The Bertz CT molecular complexity index is 825. The fourth-order valence-corrected chi connectivity index (χ4v) is 3.37. The van der Waals surface area contributed by atoms with Crippen molar-refractivity contribution in [3.8, 4) is 0 Å². The van der Waals surface area contributed by atoms with Crippen LogP contribution in [-0.4, -0.2) is 56.9 Å². The summed E-state index contributed by atoms with van der Waals surface area (Å²) in [5.74, 6) is -0.917. The highest BCUT2D eigenvalue weighted by Crippen LogP contribution is 2.21. The van der Waals surface area contributed by atoms with Crippen LogP contribution in [0.2, 0.25) is 0 Å². The highest BCUT2D eigenvalue weighted by molar-refractivity contribution is 7.05. The van der Waals surface area contributed by atoms with Crippen LogP contribution in [0.3, 0.4) is 0 Å². The molecule has 2 aromatic rings. The van der Waals surface area contributed by atoms with Crippen molar-refractivity contribution in [3.05, 3.63) is 40.2 Å². The number of nitrogens with zero attached hydrogens (tertiary/aromatic N) is 4. The highest BCUT2D eigenvalue weighted by atomic mass is 32.1. The van der Waals surface area contributed by atoms with E-state index in [0.29, 0.717) is 25.3 Å². The van der Waals surface area contributed by atoms with E-state index < -0.39 is 5.82 Å². The number of carbonyl (C=O) groups is 2. The van der Waals surface area contributed by atoms with Crippen molar-refractivity contribution in [1.29, 1.82) is 0 Å². The zero-order valence-electron chi connectivity index (χ0n) is 13.9. The van der Waals surface area contributed by atoms with Gasteiger partial charge in [-0.2, -0.15) is 0 Å². The Hall–Kier alpha value is -2.55. The first-order valence-corrected chi connectivity index (χ1v) is 8.60. The summed E-state index contributed by atoms with van der Waals surface area (Å²) in [6.07, 6.45) is 0. The Kier molecular flexibility index (Phi) is 4.67. The van der Waals surface area contributed by atoms with Gasteiger partial charge in [0, 0.05) is 31.4 Å². The molecule has 0 radical (unpaired) electrons. The molecule has 3 rings (SSSR count). The molecule has 2 amide bonds. The lowest BCUT2D eigenvalue weighted by Crippen LogP contribution is -2.55. The molecule has 0 unspecified atom stereocenters. The number of aryl methyl sites for hydroxylation is 1. The molecule has 1 aliphatic heterocycles. The molecule has 1 aromatic heterocycles. The minimum absolute atomic E-state index is 0.111. The van der Waals surface area contributed by atoms with E-state index in [4.69, 9.17) is 5.73 Å². The van der Waals surface area contributed by atoms with Crippen molar-refractivity contribution in [2.45, 2.75) is 19.9 Å². The largest absolute Gasteiger partial charge is 0.398 e. The standard InChI is InChI=1S/C16H18FN5O2S/c1-9-8-21(16(24)14-10(2)25-20-19-14)5-6-22(9)15(23)12-4-3-11(17)7-13(12)18/h3-4,7,9H,5-6,8,18H2,1-2H3/t9-/m0/s1. The second-order valence-corrected chi connectivity index (χ2v) is 6.97. The van der Waals surface area contributed by atoms with Gasteiger partial charge in [0.15, 0.2) is 5.69 Å². The van der Waals surface area contributed by atoms with Crippen LogP contribution in [0, 0.1) is 12.7 Å². The van der Waals surface area contributed by atoms with E-state index in [2.05, 4.69) is 9.59 Å². The third kappa shape index (κ3) is 3.32. The van der Waals surface area contributed by atoms with Crippen molar-refractivity contribution in [2.75, 3.05) is 25.4 Å². The molecule has 1 saturated heterocycles. The van der Waals surface area contributed by atoms with E-state index in [1.54, 1.807) is 16.7 Å². The number of piperazine rings is 1. The van der Waals surface area contributed by atoms with E-state index in [9.17, 15) is 14.0 Å². The van der Waals surface area contributed by atoms with Crippen molar-refractivity contribution in [2.24, 2.45) is 0 Å². The second kappa shape index (κ2) is 6.75. The highest BCUT2D eigenvalue weighted by Gasteiger charge is 2.32. The number of amides is 2. The van der Waals surface area contributed by atoms with Gasteiger partial charge in [0.1, 0.15) is 5.82 Å². The first-order chi connectivity index (χ1) is 11.9. The fraction of sp³-hybridized carbons (Fsp3) is 0.375. The van der Waals surface area contributed by atoms with Crippen LogP contribution in [0.15, 0.2) is 18.2 Å². The number of rotatable bonds is 2. The lowest BCUT2D eigenvalue weighted by atomic mass is 10.1. The number of aromatic nitrogens is 2. The van der Waals surface area contributed by atoms with Gasteiger partial charge in [-0.05, 0) is 43.6 Å². The molecule has 25 heavy (non-hydrogen) atoms. The number of hydrogen-bond acceptors (Lipinski definition) is 6. The van der Waals surface area contributed by atoms with Crippen molar-refractivity contribution in [3.63, 3.8) is 0 Å². The maximum Gasteiger partial charge on any atom is 0.275 e. The number of benzene rings is 1.